The molecule has 1 aliphatic rings. The van der Waals surface area contributed by atoms with Crippen molar-refractivity contribution in [1.29, 1.82) is 0 Å². The average Bonchev–Trinajstić information content (AvgIpc) is 2.53. The van der Waals surface area contributed by atoms with Gasteiger partial charge in [0, 0.05) is 21.3 Å². The number of aliphatic carboxylic acids is 1. The first-order valence-electron chi connectivity index (χ1n) is 7.26. The maximum Gasteiger partial charge on any atom is 0.335 e. The maximum absolute atomic E-state index is 11.7. The molecule has 2 aromatic carbocycles. The topological polar surface area (TPSA) is 61.7 Å². The van der Waals surface area contributed by atoms with Crippen LogP contribution in [0.15, 0.2) is 64.8 Å². The monoisotopic (exact) mass is 360 g/mol. The largest absolute Gasteiger partial charge is 0.478 e. The quantitative estimate of drug-likeness (QED) is 0.850. The van der Waals surface area contributed by atoms with Crippen molar-refractivity contribution in [2.45, 2.75) is 13.0 Å². The standard InChI is InChI=1S/C18H14Cl2N2O2/c1-10-15(18(23)24)16(12-7-13(19)9-14(20)8-12)22-17(21-10)11-5-3-2-4-6-11/h2-9,16H,1H3,(H,21,22)(H,23,24). The van der Waals surface area contributed by atoms with Gasteiger partial charge in [-0.3, -0.25) is 4.99 Å². The molecule has 4 nitrogen and oxygen atoms in total. The molecule has 0 radical (unpaired) electrons. The first kappa shape index (κ1) is 16.6. The number of benzene rings is 2. The Hall–Kier alpha value is -2.30. The number of nitrogens with one attached hydrogen (secondary N) is 1. The van der Waals surface area contributed by atoms with Crippen LogP contribution in [0.25, 0.3) is 0 Å². The first-order chi connectivity index (χ1) is 11.5. The lowest BCUT2D eigenvalue weighted by molar-refractivity contribution is -0.133. The Bertz CT molecular complexity index is 840. The normalized spacial score (nSPS) is 17.3. The molecule has 2 N–H and O–H groups in total. The van der Waals surface area contributed by atoms with Crippen LogP contribution in [0.4, 0.5) is 0 Å². The highest BCUT2D eigenvalue weighted by atomic mass is 35.5. The zero-order valence-electron chi connectivity index (χ0n) is 12.8. The van der Waals surface area contributed by atoms with Gasteiger partial charge in [-0.1, -0.05) is 53.5 Å². The molecule has 122 valence electrons. The molecule has 1 unspecified atom stereocenters. The second kappa shape index (κ2) is 6.67. The van der Waals surface area contributed by atoms with Gasteiger partial charge < -0.3 is 10.4 Å². The van der Waals surface area contributed by atoms with Crippen LogP contribution in [-0.4, -0.2) is 16.9 Å². The number of nitrogens with zero attached hydrogens (tertiary/aromatic N) is 1. The summed E-state index contributed by atoms with van der Waals surface area (Å²) in [4.78, 5) is 16.3. The smallest absolute Gasteiger partial charge is 0.335 e. The third kappa shape index (κ3) is 3.30. The van der Waals surface area contributed by atoms with Gasteiger partial charge in [0.1, 0.15) is 11.9 Å². The molecule has 0 fully saturated rings. The van der Waals surface area contributed by atoms with Crippen LogP contribution in [0.1, 0.15) is 24.1 Å². The van der Waals surface area contributed by atoms with Crippen molar-refractivity contribution < 1.29 is 9.90 Å². The second-order valence-corrected chi connectivity index (χ2v) is 6.29. The van der Waals surface area contributed by atoms with E-state index in [0.29, 0.717) is 27.1 Å². The molecule has 1 aliphatic heterocycles. The molecular formula is C18H14Cl2N2O2. The van der Waals surface area contributed by atoms with Gasteiger partial charge in [0.25, 0.3) is 0 Å². The number of carboxylic acids is 1. The van der Waals surface area contributed by atoms with E-state index in [-0.39, 0.29) is 5.57 Å². The summed E-state index contributed by atoms with van der Waals surface area (Å²) in [5, 5.41) is 13.6. The summed E-state index contributed by atoms with van der Waals surface area (Å²) < 4.78 is 0. The fourth-order valence-electron chi connectivity index (χ4n) is 2.67. The first-order valence-corrected chi connectivity index (χ1v) is 8.01. The van der Waals surface area contributed by atoms with E-state index in [0.717, 1.165) is 5.56 Å². The van der Waals surface area contributed by atoms with E-state index in [1.807, 2.05) is 30.3 Å². The molecule has 0 aromatic heterocycles. The van der Waals surface area contributed by atoms with Gasteiger partial charge in [0.05, 0.1) is 5.57 Å². The van der Waals surface area contributed by atoms with Gasteiger partial charge in [0.2, 0.25) is 0 Å². The number of carboxylic acid groups (broad SMARTS) is 1. The van der Waals surface area contributed by atoms with Crippen LogP contribution in [-0.2, 0) is 4.79 Å². The third-order valence-corrected chi connectivity index (χ3v) is 4.16. The summed E-state index contributed by atoms with van der Waals surface area (Å²) >= 11 is 12.1. The number of rotatable bonds is 3. The van der Waals surface area contributed by atoms with Crippen LogP contribution < -0.4 is 5.32 Å². The number of hydrogen-bond acceptors (Lipinski definition) is 3. The van der Waals surface area contributed by atoms with Crippen LogP contribution in [0.2, 0.25) is 10.0 Å². The minimum atomic E-state index is -1.03. The molecule has 3 rings (SSSR count). The highest BCUT2D eigenvalue weighted by molar-refractivity contribution is 6.34. The molecule has 24 heavy (non-hydrogen) atoms. The molecule has 2 aromatic rings. The van der Waals surface area contributed by atoms with Crippen LogP contribution >= 0.6 is 23.2 Å². The molecular weight excluding hydrogens is 347 g/mol. The van der Waals surface area contributed by atoms with Gasteiger partial charge in [-0.15, -0.1) is 0 Å². The lowest BCUT2D eigenvalue weighted by atomic mass is 9.95. The third-order valence-electron chi connectivity index (χ3n) is 3.72. The fourth-order valence-corrected chi connectivity index (χ4v) is 3.21. The van der Waals surface area contributed by atoms with E-state index in [9.17, 15) is 9.90 Å². The molecule has 0 saturated carbocycles. The molecule has 1 heterocycles. The Morgan fingerprint density at radius 3 is 2.33 bits per heavy atom. The molecule has 0 saturated heterocycles. The molecule has 0 spiro atoms. The minimum Gasteiger partial charge on any atom is -0.478 e. The van der Waals surface area contributed by atoms with E-state index >= 15 is 0 Å². The Morgan fingerprint density at radius 1 is 1.12 bits per heavy atom. The zero-order valence-corrected chi connectivity index (χ0v) is 14.3. The summed E-state index contributed by atoms with van der Waals surface area (Å²) in [5.41, 5.74) is 2.23. The number of aliphatic imine (C=N–C) groups is 1. The lowest BCUT2D eigenvalue weighted by Crippen LogP contribution is -2.32. The molecule has 0 amide bonds. The summed E-state index contributed by atoms with van der Waals surface area (Å²) in [6.07, 6.45) is 0. The number of amidine groups is 1. The zero-order chi connectivity index (χ0) is 17.3. The Morgan fingerprint density at radius 2 is 1.75 bits per heavy atom. The number of hydrogen-bond donors (Lipinski definition) is 2. The van der Waals surface area contributed by atoms with Crippen molar-refractivity contribution in [2.24, 2.45) is 4.99 Å². The number of allylic oxidation sites excluding steroid dienone is 1. The predicted octanol–water partition coefficient (Wildman–Crippen LogP) is 4.44. The summed E-state index contributed by atoms with van der Waals surface area (Å²) in [5.74, 6) is -0.420. The highest BCUT2D eigenvalue weighted by Crippen LogP contribution is 2.34. The van der Waals surface area contributed by atoms with Crippen molar-refractivity contribution in [2.75, 3.05) is 0 Å². The predicted molar refractivity (Wildman–Crippen MR) is 95.7 cm³/mol. The van der Waals surface area contributed by atoms with E-state index in [2.05, 4.69) is 10.3 Å². The SMILES string of the molecule is CC1=C(C(=O)O)C(c2cc(Cl)cc(Cl)c2)N=C(c2ccccc2)N1. The Labute approximate surface area is 149 Å². The van der Waals surface area contributed by atoms with Crippen molar-refractivity contribution in [3.63, 3.8) is 0 Å². The summed E-state index contributed by atoms with van der Waals surface area (Å²) in [6, 6.07) is 13.8. The van der Waals surface area contributed by atoms with Crippen LogP contribution in [0, 0.1) is 0 Å². The van der Waals surface area contributed by atoms with Crippen molar-refractivity contribution in [1.82, 2.24) is 5.32 Å². The summed E-state index contributed by atoms with van der Waals surface area (Å²) in [7, 11) is 0. The van der Waals surface area contributed by atoms with Gasteiger partial charge in [-0.2, -0.15) is 0 Å². The van der Waals surface area contributed by atoms with Gasteiger partial charge in [-0.25, -0.2) is 4.79 Å². The molecule has 1 atom stereocenters. The van der Waals surface area contributed by atoms with Gasteiger partial charge in [0.15, 0.2) is 0 Å². The van der Waals surface area contributed by atoms with Crippen LogP contribution in [0.3, 0.4) is 0 Å². The van der Waals surface area contributed by atoms with E-state index in [4.69, 9.17) is 23.2 Å². The van der Waals surface area contributed by atoms with Gasteiger partial charge >= 0.3 is 5.97 Å². The fraction of sp³-hybridized carbons (Fsp3) is 0.111. The average molecular weight is 361 g/mol. The highest BCUT2D eigenvalue weighted by Gasteiger charge is 2.29. The van der Waals surface area contributed by atoms with Crippen LogP contribution in [0.5, 0.6) is 0 Å². The summed E-state index contributed by atoms with van der Waals surface area (Å²) in [6.45, 7) is 1.72. The number of carbonyl (C=O) groups is 1. The van der Waals surface area contributed by atoms with Crippen molar-refractivity contribution in [3.05, 3.63) is 81.0 Å². The van der Waals surface area contributed by atoms with E-state index in [1.54, 1.807) is 25.1 Å². The second-order valence-electron chi connectivity index (χ2n) is 5.42. The van der Waals surface area contributed by atoms with Gasteiger partial charge in [-0.05, 0) is 30.7 Å². The van der Waals surface area contributed by atoms with Crippen molar-refractivity contribution >= 4 is 35.0 Å². The molecule has 6 heteroatoms. The molecule has 0 bridgehead atoms. The Kier molecular flexibility index (Phi) is 4.60. The van der Waals surface area contributed by atoms with E-state index in [1.165, 1.54) is 0 Å². The number of halogens is 2. The van der Waals surface area contributed by atoms with Crippen molar-refractivity contribution in [3.8, 4) is 0 Å². The minimum absolute atomic E-state index is 0.174. The lowest BCUT2D eigenvalue weighted by Gasteiger charge is -2.25. The Balaban J connectivity index is 2.14. The van der Waals surface area contributed by atoms with E-state index < -0.39 is 12.0 Å². The molecule has 0 aliphatic carbocycles. The maximum atomic E-state index is 11.7.